The number of halogens is 1. The lowest BCUT2D eigenvalue weighted by molar-refractivity contribution is -0.142. The monoisotopic (exact) mass is 268 g/mol. The molecular formula is C10H9ClN4O3. The van der Waals surface area contributed by atoms with Crippen molar-refractivity contribution in [3.05, 3.63) is 23.2 Å². The van der Waals surface area contributed by atoms with Crippen LogP contribution in [0.5, 0.6) is 0 Å². The zero-order chi connectivity index (χ0) is 13.0. The van der Waals surface area contributed by atoms with Gasteiger partial charge in [-0.05, 0) is 19.1 Å². The lowest BCUT2D eigenvalue weighted by atomic mass is 10.4. The first kappa shape index (κ1) is 12.4. The molecule has 94 valence electrons. The fraction of sp³-hybridized carbons (Fsp3) is 0.300. The van der Waals surface area contributed by atoms with Crippen molar-refractivity contribution in [3.8, 4) is 11.6 Å². The van der Waals surface area contributed by atoms with E-state index < -0.39 is 5.97 Å². The van der Waals surface area contributed by atoms with Gasteiger partial charge in [-0.25, -0.2) is 0 Å². The summed E-state index contributed by atoms with van der Waals surface area (Å²) in [6.07, 6.45) is -0.0676. The fourth-order valence-electron chi connectivity index (χ4n) is 1.19. The molecule has 0 aliphatic rings. The van der Waals surface area contributed by atoms with Crippen LogP contribution in [-0.2, 0) is 16.0 Å². The highest BCUT2D eigenvalue weighted by atomic mass is 35.5. The van der Waals surface area contributed by atoms with E-state index in [-0.39, 0.29) is 23.4 Å². The maximum Gasteiger partial charge on any atom is 0.315 e. The average Bonchev–Trinajstić information content (AvgIpc) is 2.78. The minimum Gasteiger partial charge on any atom is -0.466 e. The third kappa shape index (κ3) is 3.01. The van der Waals surface area contributed by atoms with Crippen molar-refractivity contribution in [1.82, 2.24) is 20.4 Å². The summed E-state index contributed by atoms with van der Waals surface area (Å²) in [5, 5.41) is 15.2. The zero-order valence-corrected chi connectivity index (χ0v) is 10.2. The van der Waals surface area contributed by atoms with Gasteiger partial charge in [0, 0.05) is 0 Å². The van der Waals surface area contributed by atoms with Crippen LogP contribution in [0.25, 0.3) is 11.6 Å². The van der Waals surface area contributed by atoms with Crippen LogP contribution in [0.15, 0.2) is 16.5 Å². The predicted octanol–water partition coefficient (Wildman–Crippen LogP) is 1.29. The SMILES string of the molecule is CCOC(=O)Cc1nnc(-c2ccc(Cl)nn2)o1. The summed E-state index contributed by atoms with van der Waals surface area (Å²) in [4.78, 5) is 11.2. The van der Waals surface area contributed by atoms with Crippen LogP contribution in [0.3, 0.4) is 0 Å². The van der Waals surface area contributed by atoms with E-state index in [0.717, 1.165) is 0 Å². The van der Waals surface area contributed by atoms with E-state index in [2.05, 4.69) is 20.4 Å². The van der Waals surface area contributed by atoms with Gasteiger partial charge in [-0.15, -0.1) is 20.4 Å². The van der Waals surface area contributed by atoms with Crippen molar-refractivity contribution < 1.29 is 13.9 Å². The molecular weight excluding hydrogens is 260 g/mol. The number of ether oxygens (including phenoxy) is 1. The quantitative estimate of drug-likeness (QED) is 0.772. The Kier molecular flexibility index (Phi) is 3.83. The first-order valence-corrected chi connectivity index (χ1v) is 5.54. The van der Waals surface area contributed by atoms with Gasteiger partial charge in [0.25, 0.3) is 5.89 Å². The molecule has 0 saturated carbocycles. The van der Waals surface area contributed by atoms with Crippen LogP contribution in [-0.4, -0.2) is 33.0 Å². The van der Waals surface area contributed by atoms with Crippen molar-refractivity contribution in [2.75, 3.05) is 6.61 Å². The van der Waals surface area contributed by atoms with Crippen LogP contribution in [0.4, 0.5) is 0 Å². The van der Waals surface area contributed by atoms with Crippen molar-refractivity contribution >= 4 is 17.6 Å². The van der Waals surface area contributed by atoms with Crippen molar-refractivity contribution in [3.63, 3.8) is 0 Å². The Labute approximate surface area is 107 Å². The molecule has 0 aromatic carbocycles. The molecule has 0 aliphatic carbocycles. The second-order valence-electron chi connectivity index (χ2n) is 3.22. The Hall–Kier alpha value is -2.02. The predicted molar refractivity (Wildman–Crippen MR) is 60.7 cm³/mol. The van der Waals surface area contributed by atoms with E-state index >= 15 is 0 Å². The molecule has 2 heterocycles. The Bertz CT molecular complexity index is 540. The molecule has 0 atom stereocenters. The molecule has 18 heavy (non-hydrogen) atoms. The van der Waals surface area contributed by atoms with Crippen LogP contribution in [0, 0.1) is 0 Å². The molecule has 0 fully saturated rings. The summed E-state index contributed by atoms with van der Waals surface area (Å²) in [6, 6.07) is 3.15. The highest BCUT2D eigenvalue weighted by Gasteiger charge is 2.14. The molecule has 7 nitrogen and oxygen atoms in total. The normalized spacial score (nSPS) is 10.3. The van der Waals surface area contributed by atoms with Crippen molar-refractivity contribution in [2.24, 2.45) is 0 Å². The van der Waals surface area contributed by atoms with Gasteiger partial charge < -0.3 is 9.15 Å². The number of carbonyl (C=O) groups is 1. The summed E-state index contributed by atoms with van der Waals surface area (Å²) < 4.78 is 10.0. The zero-order valence-electron chi connectivity index (χ0n) is 9.46. The minimum atomic E-state index is -0.421. The lowest BCUT2D eigenvalue weighted by Gasteiger charge is -1.96. The maximum atomic E-state index is 11.2. The molecule has 0 saturated heterocycles. The summed E-state index contributed by atoms with van der Waals surface area (Å²) in [7, 11) is 0. The Morgan fingerprint density at radius 1 is 1.33 bits per heavy atom. The number of rotatable bonds is 4. The number of nitrogens with zero attached hydrogens (tertiary/aromatic N) is 4. The Morgan fingerprint density at radius 3 is 2.83 bits per heavy atom. The van der Waals surface area contributed by atoms with E-state index in [1.54, 1.807) is 19.1 Å². The maximum absolute atomic E-state index is 11.2. The van der Waals surface area contributed by atoms with Gasteiger partial charge in [0.1, 0.15) is 12.1 Å². The van der Waals surface area contributed by atoms with E-state index in [1.165, 1.54) is 0 Å². The number of hydrogen-bond donors (Lipinski definition) is 0. The lowest BCUT2D eigenvalue weighted by Crippen LogP contribution is -2.07. The second kappa shape index (κ2) is 5.54. The molecule has 0 unspecified atom stereocenters. The molecule has 0 amide bonds. The summed E-state index contributed by atoms with van der Waals surface area (Å²) in [6.45, 7) is 2.03. The topological polar surface area (TPSA) is 91.0 Å². The third-order valence-electron chi connectivity index (χ3n) is 1.92. The third-order valence-corrected chi connectivity index (χ3v) is 2.12. The minimum absolute atomic E-state index is 0.0676. The van der Waals surface area contributed by atoms with Gasteiger partial charge in [-0.3, -0.25) is 4.79 Å². The van der Waals surface area contributed by atoms with Gasteiger partial charge in [0.15, 0.2) is 5.15 Å². The number of aromatic nitrogens is 4. The molecule has 8 heteroatoms. The van der Waals surface area contributed by atoms with Crippen molar-refractivity contribution in [1.29, 1.82) is 0 Å². The number of carbonyl (C=O) groups excluding carboxylic acids is 1. The number of esters is 1. The van der Waals surface area contributed by atoms with Gasteiger partial charge in [-0.2, -0.15) is 0 Å². The van der Waals surface area contributed by atoms with Crippen LogP contribution < -0.4 is 0 Å². The largest absolute Gasteiger partial charge is 0.466 e. The summed E-state index contributed by atoms with van der Waals surface area (Å²) in [5.41, 5.74) is 0.391. The van der Waals surface area contributed by atoms with E-state index in [1.807, 2.05) is 0 Å². The first-order valence-electron chi connectivity index (χ1n) is 5.16. The Balaban J connectivity index is 2.10. The molecule has 2 rings (SSSR count). The molecule has 2 aromatic rings. The fourth-order valence-corrected chi connectivity index (χ4v) is 1.29. The number of hydrogen-bond acceptors (Lipinski definition) is 7. The second-order valence-corrected chi connectivity index (χ2v) is 3.61. The van der Waals surface area contributed by atoms with Crippen LogP contribution in [0.2, 0.25) is 5.15 Å². The first-order chi connectivity index (χ1) is 8.69. The van der Waals surface area contributed by atoms with Crippen LogP contribution in [0.1, 0.15) is 12.8 Å². The van der Waals surface area contributed by atoms with E-state index in [0.29, 0.717) is 12.3 Å². The molecule has 2 aromatic heterocycles. The van der Waals surface area contributed by atoms with E-state index in [9.17, 15) is 4.79 Å². The molecule has 0 spiro atoms. The molecule has 0 N–H and O–H groups in total. The van der Waals surface area contributed by atoms with Gasteiger partial charge in [0.2, 0.25) is 5.89 Å². The smallest absolute Gasteiger partial charge is 0.315 e. The highest BCUT2D eigenvalue weighted by Crippen LogP contribution is 2.15. The van der Waals surface area contributed by atoms with Gasteiger partial charge >= 0.3 is 5.97 Å². The van der Waals surface area contributed by atoms with Crippen LogP contribution >= 0.6 is 11.6 Å². The summed E-state index contributed by atoms with van der Waals surface area (Å²) >= 11 is 5.61. The van der Waals surface area contributed by atoms with Gasteiger partial charge in [-0.1, -0.05) is 11.6 Å². The van der Waals surface area contributed by atoms with Crippen molar-refractivity contribution in [2.45, 2.75) is 13.3 Å². The Morgan fingerprint density at radius 2 is 2.17 bits per heavy atom. The summed E-state index contributed by atoms with van der Waals surface area (Å²) in [5.74, 6) is -0.0754. The highest BCUT2D eigenvalue weighted by molar-refractivity contribution is 6.29. The standard InChI is InChI=1S/C10H9ClN4O3/c1-2-17-9(16)5-8-14-15-10(18-8)6-3-4-7(11)13-12-6/h3-4H,2,5H2,1H3. The molecule has 0 bridgehead atoms. The van der Waals surface area contributed by atoms with Gasteiger partial charge in [0.05, 0.1) is 6.61 Å². The molecule has 0 radical (unpaired) electrons. The average molecular weight is 269 g/mol. The van der Waals surface area contributed by atoms with E-state index in [4.69, 9.17) is 20.8 Å². The molecule has 0 aliphatic heterocycles.